The fourth-order valence-electron chi connectivity index (χ4n) is 7.59. The number of carboxylic acid groups (broad SMARTS) is 1. The number of carbonyl (C=O) groups is 4. The summed E-state index contributed by atoms with van der Waals surface area (Å²) in [4.78, 5) is 74.0. The highest BCUT2D eigenvalue weighted by Crippen LogP contribution is 2.35. The summed E-state index contributed by atoms with van der Waals surface area (Å²) in [5.74, 6) is -1.55. The Hall–Kier alpha value is -6.51. The van der Waals surface area contributed by atoms with Crippen LogP contribution >= 0.6 is 31.9 Å². The molecule has 4 aromatic heterocycles. The predicted octanol–water partition coefficient (Wildman–Crippen LogP) is 12.3. The summed E-state index contributed by atoms with van der Waals surface area (Å²) in [7, 11) is 0. The van der Waals surface area contributed by atoms with Crippen molar-refractivity contribution < 1.29 is 24.3 Å². The van der Waals surface area contributed by atoms with Crippen LogP contribution in [0, 0.1) is 6.57 Å². The van der Waals surface area contributed by atoms with Gasteiger partial charge in [0.05, 0.1) is 25.0 Å². The minimum Gasteiger partial charge on any atom is -0.477 e. The van der Waals surface area contributed by atoms with Crippen LogP contribution in [0.2, 0.25) is 0 Å². The van der Waals surface area contributed by atoms with Crippen molar-refractivity contribution in [1.82, 2.24) is 35.2 Å². The number of hydrogen-bond acceptors (Lipinski definition) is 9. The van der Waals surface area contributed by atoms with Crippen molar-refractivity contribution in [3.8, 4) is 0 Å². The first-order valence-electron chi connectivity index (χ1n) is 23.7. The van der Waals surface area contributed by atoms with Crippen LogP contribution in [0.5, 0.6) is 0 Å². The fourth-order valence-corrected chi connectivity index (χ4v) is 8.40. The number of nitrogens with two attached hydrogens (primary N) is 1. The van der Waals surface area contributed by atoms with Gasteiger partial charge < -0.3 is 31.0 Å². The first kappa shape index (κ1) is 57.1. The molecular formula is C54H66Br2N10O5. The van der Waals surface area contributed by atoms with E-state index >= 15 is 0 Å². The molecule has 376 valence electrons. The van der Waals surface area contributed by atoms with Crippen LogP contribution in [0.3, 0.4) is 0 Å². The Labute approximate surface area is 434 Å². The second-order valence-corrected chi connectivity index (χ2v) is 20.6. The minimum atomic E-state index is -0.984. The van der Waals surface area contributed by atoms with Gasteiger partial charge in [-0.1, -0.05) is 97.6 Å². The summed E-state index contributed by atoms with van der Waals surface area (Å²) in [5.41, 5.74) is 11.3. The standard InChI is InChI=1S/C27H32BrN5O2.C10H15N.C7H11N.C6H4BrNO.C4H4N2O2/c1-27(2,3)18-11-13-20(14-12-18)33(26(35)22-16-29-17-31-22)23(21-10-7-15-30-24(21)28)25(34)32-19-8-5-4-6-9-19;1-10(2,3)8-4-6-9(11)7-5-8;1-8-7-5-3-2-4-6-7;7-6-5(4-9)2-1-3-8-6;7-4(8)3-1-5-2-6-3/h7,10-17,19,23H,4-6,8-9H2,1-3H3,(H,29,31)(H,32,34);4-7H,11H2,1-3H3;7H,2-6H2;1-4H;1-2H,(H,5,6)(H,7,8). The molecule has 2 aliphatic carbocycles. The molecule has 2 aliphatic rings. The van der Waals surface area contributed by atoms with Gasteiger partial charge in [-0.3, -0.25) is 19.3 Å². The van der Waals surface area contributed by atoms with E-state index in [1.165, 1.54) is 56.3 Å². The maximum absolute atomic E-state index is 13.9. The number of anilines is 2. The van der Waals surface area contributed by atoms with E-state index in [9.17, 15) is 19.2 Å². The van der Waals surface area contributed by atoms with Crippen LogP contribution in [0.15, 0.2) is 119 Å². The average molecular weight is 1090 g/mol. The second-order valence-electron chi connectivity index (χ2n) is 19.1. The molecule has 2 aromatic carbocycles. The fraction of sp³-hybridized carbons (Fsp3) is 0.389. The highest BCUT2D eigenvalue weighted by atomic mass is 79.9. The maximum Gasteiger partial charge on any atom is 0.353 e. The molecule has 0 bridgehead atoms. The van der Waals surface area contributed by atoms with Crippen LogP contribution < -0.4 is 16.0 Å². The normalized spacial score (nSPS) is 14.1. The number of halogens is 2. The topological polar surface area (TPSA) is 217 Å². The van der Waals surface area contributed by atoms with Crippen LogP contribution in [-0.2, 0) is 15.6 Å². The molecule has 0 spiro atoms. The number of aldehydes is 1. The number of carboxylic acids is 1. The van der Waals surface area contributed by atoms with Crippen molar-refractivity contribution in [3.63, 3.8) is 0 Å². The number of benzene rings is 2. The molecule has 15 nitrogen and oxygen atoms in total. The molecule has 0 radical (unpaired) electrons. The third kappa shape index (κ3) is 18.6. The Morgan fingerprint density at radius 3 is 1.69 bits per heavy atom. The largest absolute Gasteiger partial charge is 0.477 e. The number of aromatic nitrogens is 6. The van der Waals surface area contributed by atoms with E-state index in [1.807, 2.05) is 42.5 Å². The Bertz CT molecular complexity index is 2590. The Balaban J connectivity index is 0.000000242. The van der Waals surface area contributed by atoms with Gasteiger partial charge in [0.1, 0.15) is 26.6 Å². The summed E-state index contributed by atoms with van der Waals surface area (Å²) in [5, 5.41) is 11.4. The van der Waals surface area contributed by atoms with Crippen molar-refractivity contribution in [3.05, 3.63) is 165 Å². The lowest BCUT2D eigenvalue weighted by Gasteiger charge is -2.33. The molecule has 4 heterocycles. The van der Waals surface area contributed by atoms with Gasteiger partial charge in [0.25, 0.3) is 5.91 Å². The van der Waals surface area contributed by atoms with Gasteiger partial charge in [0, 0.05) is 53.8 Å². The second kappa shape index (κ2) is 28.4. The van der Waals surface area contributed by atoms with E-state index in [0.717, 1.165) is 56.1 Å². The van der Waals surface area contributed by atoms with Crippen molar-refractivity contribution in [2.75, 3.05) is 10.6 Å². The summed E-state index contributed by atoms with van der Waals surface area (Å²) < 4.78 is 1.12. The summed E-state index contributed by atoms with van der Waals surface area (Å²) in [6.07, 6.45) is 21.1. The lowest BCUT2D eigenvalue weighted by molar-refractivity contribution is -0.123. The van der Waals surface area contributed by atoms with Gasteiger partial charge in [-0.05, 0) is 122 Å². The Morgan fingerprint density at radius 2 is 1.27 bits per heavy atom. The van der Waals surface area contributed by atoms with E-state index in [2.05, 4.69) is 126 Å². The zero-order valence-electron chi connectivity index (χ0n) is 41.4. The van der Waals surface area contributed by atoms with Crippen molar-refractivity contribution in [1.29, 1.82) is 0 Å². The number of amides is 2. The van der Waals surface area contributed by atoms with Crippen LogP contribution in [0.25, 0.3) is 4.85 Å². The number of hydrogen-bond donors (Lipinski definition) is 5. The molecule has 8 rings (SSSR count). The third-order valence-corrected chi connectivity index (χ3v) is 13.0. The van der Waals surface area contributed by atoms with Gasteiger partial charge in [-0.2, -0.15) is 0 Å². The number of aromatic carboxylic acids is 1. The zero-order chi connectivity index (χ0) is 52.0. The highest BCUT2D eigenvalue weighted by molar-refractivity contribution is 9.10. The van der Waals surface area contributed by atoms with Crippen LogP contribution in [-0.4, -0.2) is 71.2 Å². The number of nitrogens with one attached hydrogen (secondary N) is 3. The molecule has 2 saturated carbocycles. The van der Waals surface area contributed by atoms with Gasteiger partial charge in [0.15, 0.2) is 6.29 Å². The van der Waals surface area contributed by atoms with E-state index < -0.39 is 12.0 Å². The van der Waals surface area contributed by atoms with Gasteiger partial charge in [-0.15, -0.1) is 0 Å². The lowest BCUT2D eigenvalue weighted by Crippen LogP contribution is -2.47. The third-order valence-electron chi connectivity index (χ3n) is 11.7. The number of carbonyl (C=O) groups excluding carboxylic acids is 3. The smallest absolute Gasteiger partial charge is 0.353 e. The van der Waals surface area contributed by atoms with Gasteiger partial charge >= 0.3 is 5.97 Å². The van der Waals surface area contributed by atoms with Crippen LogP contribution in [0.1, 0.15) is 160 Å². The summed E-state index contributed by atoms with van der Waals surface area (Å²) in [6, 6.07) is 22.5. The molecular weight excluding hydrogens is 1030 g/mol. The molecule has 17 heteroatoms. The van der Waals surface area contributed by atoms with Gasteiger partial charge in [0.2, 0.25) is 11.9 Å². The zero-order valence-corrected chi connectivity index (χ0v) is 44.5. The highest BCUT2D eigenvalue weighted by Gasteiger charge is 2.37. The maximum atomic E-state index is 13.9. The van der Waals surface area contributed by atoms with E-state index in [0.29, 0.717) is 37.8 Å². The number of rotatable bonds is 8. The lowest BCUT2D eigenvalue weighted by atomic mass is 9.87. The van der Waals surface area contributed by atoms with E-state index in [4.69, 9.17) is 17.4 Å². The molecule has 2 amide bonds. The Kier molecular flexibility index (Phi) is 22.8. The molecule has 1 unspecified atom stereocenters. The first-order chi connectivity index (χ1) is 33.8. The average Bonchev–Trinajstić information content (AvgIpc) is 4.12. The van der Waals surface area contributed by atoms with E-state index in [-0.39, 0.29) is 34.4 Å². The molecule has 2 fully saturated rings. The number of nitrogens with zero attached hydrogens (tertiary/aromatic N) is 6. The van der Waals surface area contributed by atoms with Crippen LogP contribution in [0.4, 0.5) is 11.4 Å². The molecule has 71 heavy (non-hydrogen) atoms. The number of imidazole rings is 2. The number of pyridine rings is 2. The van der Waals surface area contributed by atoms with Crippen molar-refractivity contribution >= 4 is 67.3 Å². The quantitative estimate of drug-likeness (QED) is 0.0420. The van der Waals surface area contributed by atoms with Crippen molar-refractivity contribution in [2.24, 2.45) is 0 Å². The SMILES string of the molecule is CC(C)(C)c1ccc(N(C(=O)c2cnc[nH]2)C(C(=O)NC2CCCCC2)c2cccnc2Br)cc1.CC(C)(C)c1ccc(N)cc1.O=C(O)c1cnc[nH]1.O=Cc1cccnc1Br.[C-]#[N+]C1CCCCC1. The predicted molar refractivity (Wildman–Crippen MR) is 286 cm³/mol. The number of aromatic amines is 2. The first-order valence-corrected chi connectivity index (χ1v) is 25.3. The van der Waals surface area contributed by atoms with Gasteiger partial charge in [-0.25, -0.2) is 31.3 Å². The molecule has 0 aliphatic heterocycles. The summed E-state index contributed by atoms with van der Waals surface area (Å²) in [6.45, 7) is 19.7. The molecule has 1 atom stereocenters. The van der Waals surface area contributed by atoms with Crippen molar-refractivity contribution in [2.45, 2.75) is 135 Å². The number of H-pyrrole nitrogens is 2. The molecule has 0 saturated heterocycles. The van der Waals surface area contributed by atoms with E-state index in [1.54, 1.807) is 35.5 Å². The molecule has 6 aromatic rings. The minimum absolute atomic E-state index is 0.0408. The monoisotopic (exact) mass is 1090 g/mol. The summed E-state index contributed by atoms with van der Waals surface area (Å²) >= 11 is 6.63. The Morgan fingerprint density at radius 1 is 0.761 bits per heavy atom. The number of nitrogen functional groups attached to an aromatic ring is 1. The molecule has 6 N–H and O–H groups in total.